The third kappa shape index (κ3) is 3.96. The molecule has 2 aliphatic heterocycles. The Hall–Kier alpha value is -3.10. The predicted octanol–water partition coefficient (Wildman–Crippen LogP) is 0.787. The summed E-state index contributed by atoms with van der Waals surface area (Å²) in [6.07, 6.45) is 3.19. The van der Waals surface area contributed by atoms with Gasteiger partial charge in [0.1, 0.15) is 22.8 Å². The van der Waals surface area contributed by atoms with Gasteiger partial charge in [-0.3, -0.25) is 19.5 Å². The summed E-state index contributed by atoms with van der Waals surface area (Å²) in [5.41, 5.74) is 5.12. The molecule has 2 atom stereocenters. The number of fused-ring (bicyclic) bond motifs is 1. The van der Waals surface area contributed by atoms with Crippen molar-refractivity contribution in [1.29, 1.82) is 0 Å². The smallest absolute Gasteiger partial charge is 0.353 e. The van der Waals surface area contributed by atoms with Crippen molar-refractivity contribution < 1.29 is 24.7 Å². The minimum Gasteiger partial charge on any atom is -0.477 e. The lowest BCUT2D eigenvalue weighted by Gasteiger charge is -2.49. The first kappa shape index (κ1) is 21.1. The van der Waals surface area contributed by atoms with Crippen molar-refractivity contribution in [2.24, 2.45) is 5.16 Å². The van der Waals surface area contributed by atoms with E-state index in [0.717, 1.165) is 16.2 Å². The van der Waals surface area contributed by atoms with Crippen LogP contribution in [0.2, 0.25) is 0 Å². The Labute approximate surface area is 187 Å². The average molecular weight is 479 g/mol. The summed E-state index contributed by atoms with van der Waals surface area (Å²) in [6, 6.07) is 2.53. The average Bonchev–Trinajstić information content (AvgIpc) is 3.18. The quantitative estimate of drug-likeness (QED) is 0.201. The molecule has 2 aromatic heterocycles. The molecular formula is C17H14N6O5S3. The van der Waals surface area contributed by atoms with Gasteiger partial charge >= 0.3 is 5.97 Å². The van der Waals surface area contributed by atoms with Crippen LogP contribution in [0, 0.1) is 0 Å². The topological polar surface area (TPSA) is 171 Å². The van der Waals surface area contributed by atoms with Crippen LogP contribution in [0.1, 0.15) is 5.69 Å². The summed E-state index contributed by atoms with van der Waals surface area (Å²) < 4.78 is 0. The number of thioether (sulfide) groups is 2. The van der Waals surface area contributed by atoms with Crippen LogP contribution in [0.4, 0.5) is 5.13 Å². The van der Waals surface area contributed by atoms with E-state index < -0.39 is 29.2 Å². The molecule has 2 aromatic rings. The molecule has 4 rings (SSSR count). The Balaban J connectivity index is 1.52. The van der Waals surface area contributed by atoms with E-state index in [1.807, 2.05) is 0 Å². The molecule has 0 radical (unpaired) electrons. The van der Waals surface area contributed by atoms with E-state index in [0.29, 0.717) is 10.7 Å². The maximum atomic E-state index is 12.7. The summed E-state index contributed by atoms with van der Waals surface area (Å²) in [4.78, 5) is 47.5. The number of amides is 2. The summed E-state index contributed by atoms with van der Waals surface area (Å²) in [7, 11) is 0. The molecule has 160 valence electrons. The molecule has 0 bridgehead atoms. The molecular weight excluding hydrogens is 464 g/mol. The Morgan fingerprint density at radius 3 is 2.71 bits per heavy atom. The Bertz CT molecular complexity index is 1120. The van der Waals surface area contributed by atoms with Crippen molar-refractivity contribution in [2.75, 3.05) is 11.5 Å². The first-order valence-corrected chi connectivity index (χ1v) is 11.4. The number of rotatable bonds is 6. The second-order valence-corrected chi connectivity index (χ2v) is 9.41. The molecule has 0 spiro atoms. The number of thiazole rings is 1. The van der Waals surface area contributed by atoms with Crippen molar-refractivity contribution in [3.8, 4) is 0 Å². The number of pyridine rings is 1. The number of nitrogens with one attached hydrogen (secondary N) is 1. The van der Waals surface area contributed by atoms with E-state index in [2.05, 4.69) is 20.4 Å². The number of nitrogen functional groups attached to an aromatic ring is 1. The number of aromatic nitrogens is 2. The zero-order valence-electron chi connectivity index (χ0n) is 15.5. The molecule has 1 saturated heterocycles. The highest BCUT2D eigenvalue weighted by Gasteiger charge is 2.54. The van der Waals surface area contributed by atoms with Gasteiger partial charge in [0, 0.05) is 33.3 Å². The first-order chi connectivity index (χ1) is 14.9. The fraction of sp³-hybridized carbons (Fsp3) is 0.176. The number of aliphatic carboxylic acids is 1. The van der Waals surface area contributed by atoms with Crippen molar-refractivity contribution >= 4 is 63.5 Å². The molecule has 31 heavy (non-hydrogen) atoms. The normalized spacial score (nSPS) is 20.8. The number of carbonyl (C=O) groups excluding carboxylic acids is 2. The maximum Gasteiger partial charge on any atom is 0.353 e. The number of hydrogen-bond donors (Lipinski definition) is 4. The van der Waals surface area contributed by atoms with Gasteiger partial charge in [0.15, 0.2) is 10.8 Å². The zero-order valence-corrected chi connectivity index (χ0v) is 17.9. The first-order valence-electron chi connectivity index (χ1n) is 8.64. The summed E-state index contributed by atoms with van der Waals surface area (Å²) in [6.45, 7) is 0. The fourth-order valence-corrected chi connectivity index (χ4v) is 6.04. The minimum atomic E-state index is -1.23. The third-order valence-corrected chi connectivity index (χ3v) is 7.62. The molecule has 2 aliphatic rings. The Kier molecular flexibility index (Phi) is 5.84. The van der Waals surface area contributed by atoms with E-state index in [9.17, 15) is 24.7 Å². The molecule has 0 unspecified atom stereocenters. The monoisotopic (exact) mass is 478 g/mol. The number of nitrogens with zero attached hydrogens (tertiary/aromatic N) is 4. The summed E-state index contributed by atoms with van der Waals surface area (Å²) >= 11 is 3.65. The van der Waals surface area contributed by atoms with Gasteiger partial charge in [-0.15, -0.1) is 23.1 Å². The summed E-state index contributed by atoms with van der Waals surface area (Å²) in [5.74, 6) is -2.26. The number of carboxylic acids is 1. The van der Waals surface area contributed by atoms with Crippen molar-refractivity contribution in [3.05, 3.63) is 46.2 Å². The van der Waals surface area contributed by atoms with Crippen molar-refractivity contribution in [2.45, 2.75) is 16.3 Å². The summed E-state index contributed by atoms with van der Waals surface area (Å²) in [5, 5.41) is 25.4. The van der Waals surface area contributed by atoms with E-state index >= 15 is 0 Å². The van der Waals surface area contributed by atoms with Gasteiger partial charge in [0.05, 0.1) is 0 Å². The number of carbonyl (C=O) groups is 3. The van der Waals surface area contributed by atoms with E-state index in [4.69, 9.17) is 5.73 Å². The van der Waals surface area contributed by atoms with Crippen LogP contribution in [-0.2, 0) is 14.4 Å². The van der Waals surface area contributed by atoms with Crippen LogP contribution in [0.3, 0.4) is 0 Å². The third-order valence-electron chi connectivity index (χ3n) is 4.39. The predicted molar refractivity (Wildman–Crippen MR) is 115 cm³/mol. The second kappa shape index (κ2) is 8.56. The maximum absolute atomic E-state index is 12.7. The van der Waals surface area contributed by atoms with E-state index in [1.54, 1.807) is 24.5 Å². The molecule has 11 nitrogen and oxygen atoms in total. The number of carboxylic acid groups (broad SMARTS) is 1. The fourth-order valence-electron chi connectivity index (χ4n) is 3.04. The number of oxime groups is 1. The van der Waals surface area contributed by atoms with Gasteiger partial charge in [-0.25, -0.2) is 9.78 Å². The van der Waals surface area contributed by atoms with Crippen molar-refractivity contribution in [1.82, 2.24) is 20.2 Å². The van der Waals surface area contributed by atoms with Crippen LogP contribution in [0.25, 0.3) is 0 Å². The van der Waals surface area contributed by atoms with Crippen molar-refractivity contribution in [3.63, 3.8) is 0 Å². The van der Waals surface area contributed by atoms with Crippen LogP contribution < -0.4 is 11.1 Å². The Morgan fingerprint density at radius 1 is 1.35 bits per heavy atom. The lowest BCUT2D eigenvalue weighted by Crippen LogP contribution is -2.71. The molecule has 14 heteroatoms. The SMILES string of the molecule is Nc1nc(/C(=N\O)C(=O)N[C@@H]2C(=O)N3C(C(=O)O)=C(Sc4ccncc4)CS[C@H]23)cs1. The van der Waals surface area contributed by atoms with Gasteiger partial charge in [-0.2, -0.15) is 0 Å². The largest absolute Gasteiger partial charge is 0.477 e. The highest BCUT2D eigenvalue weighted by Crippen LogP contribution is 2.45. The van der Waals surface area contributed by atoms with Gasteiger partial charge in [0.25, 0.3) is 11.8 Å². The Morgan fingerprint density at radius 2 is 2.10 bits per heavy atom. The van der Waals surface area contributed by atoms with E-state index in [-0.39, 0.29) is 22.2 Å². The molecule has 2 amide bonds. The van der Waals surface area contributed by atoms with Crippen LogP contribution in [0.15, 0.2) is 50.6 Å². The number of β-lactam (4-membered cyclic amide) rings is 1. The van der Waals surface area contributed by atoms with Crippen LogP contribution >= 0.6 is 34.9 Å². The zero-order chi connectivity index (χ0) is 22.1. The molecule has 0 saturated carbocycles. The lowest BCUT2D eigenvalue weighted by atomic mass is 10.0. The number of hydrogen-bond acceptors (Lipinski definition) is 11. The molecule has 4 heterocycles. The van der Waals surface area contributed by atoms with Gasteiger partial charge < -0.3 is 21.4 Å². The highest BCUT2D eigenvalue weighted by atomic mass is 32.2. The molecule has 0 aromatic carbocycles. The standard InChI is InChI=1S/C17H14N6O5S3/c18-17-20-8(5-30-17)10(22-28)13(24)21-11-14(25)23-12(16(26)27)9(6-29-15(11)23)31-7-1-3-19-4-2-7/h1-5,11,15,28H,6H2,(H2,18,20)(H,21,24)(H,26,27)/b22-10+/t11-,15-/m1/s1. The number of nitrogens with two attached hydrogens (primary N) is 1. The minimum absolute atomic E-state index is 0.0737. The molecule has 0 aliphatic carbocycles. The van der Waals surface area contributed by atoms with E-state index in [1.165, 1.54) is 33.8 Å². The highest BCUT2D eigenvalue weighted by molar-refractivity contribution is 8.06. The molecule has 5 N–H and O–H groups in total. The lowest BCUT2D eigenvalue weighted by molar-refractivity contribution is -0.150. The van der Waals surface area contributed by atoms with Crippen LogP contribution in [0.5, 0.6) is 0 Å². The van der Waals surface area contributed by atoms with Crippen LogP contribution in [-0.4, -0.2) is 65.8 Å². The number of anilines is 1. The van der Waals surface area contributed by atoms with Gasteiger partial charge in [-0.05, 0) is 12.1 Å². The van der Waals surface area contributed by atoms with Gasteiger partial charge in [-0.1, -0.05) is 16.9 Å². The van der Waals surface area contributed by atoms with Gasteiger partial charge in [0.2, 0.25) is 0 Å². The second-order valence-electron chi connectivity index (χ2n) is 6.24. The molecule has 1 fully saturated rings.